The van der Waals surface area contributed by atoms with Gasteiger partial charge in [0, 0.05) is 17.4 Å². The van der Waals surface area contributed by atoms with Crippen molar-refractivity contribution in [3.05, 3.63) is 52.8 Å². The zero-order valence-electron chi connectivity index (χ0n) is 13.0. The largest absolute Gasteiger partial charge is 0.544 e. The second kappa shape index (κ2) is 6.76. The van der Waals surface area contributed by atoms with Crippen molar-refractivity contribution in [3.8, 4) is 5.75 Å². The van der Waals surface area contributed by atoms with E-state index in [4.69, 9.17) is 9.15 Å². The lowest BCUT2D eigenvalue weighted by molar-refractivity contribution is -0.298. The average molecular weight is 341 g/mol. The maximum atomic E-state index is 11.5. The third-order valence-electron chi connectivity index (χ3n) is 3.33. The van der Waals surface area contributed by atoms with Crippen LogP contribution >= 0.6 is 11.8 Å². The highest BCUT2D eigenvalue weighted by Gasteiger charge is 2.12. The number of methoxy groups -OCH3 is 1. The van der Waals surface area contributed by atoms with E-state index in [9.17, 15) is 9.90 Å². The Bertz CT molecular complexity index is 933. The molecule has 0 aliphatic rings. The van der Waals surface area contributed by atoms with E-state index in [1.54, 1.807) is 13.0 Å². The highest BCUT2D eigenvalue weighted by Crippen LogP contribution is 2.33. The van der Waals surface area contributed by atoms with Crippen molar-refractivity contribution in [3.63, 3.8) is 0 Å². The molecule has 0 bridgehead atoms. The Hall–Kier alpha value is -2.80. The number of hydrogen-bond acceptors (Lipinski definition) is 7. The van der Waals surface area contributed by atoms with Gasteiger partial charge in [-0.1, -0.05) is 30.3 Å². The van der Waals surface area contributed by atoms with E-state index in [0.717, 1.165) is 22.5 Å². The van der Waals surface area contributed by atoms with Crippen LogP contribution in [0.4, 0.5) is 0 Å². The summed E-state index contributed by atoms with van der Waals surface area (Å²) in [4.78, 5) is 11.5. The molecule has 1 heterocycles. The maximum absolute atomic E-state index is 11.5. The molecule has 0 saturated heterocycles. The summed E-state index contributed by atoms with van der Waals surface area (Å²) in [6.45, 7) is 1.63. The van der Waals surface area contributed by atoms with Crippen LogP contribution in [-0.4, -0.2) is 23.3 Å². The van der Waals surface area contributed by atoms with E-state index in [1.807, 2.05) is 30.3 Å². The predicted molar refractivity (Wildman–Crippen MR) is 88.4 cm³/mol. The Balaban J connectivity index is 2.12. The number of carbonyl (C=O) groups excluding carboxylic acids is 1. The maximum Gasteiger partial charge on any atom is 0.281 e. The van der Waals surface area contributed by atoms with Crippen LogP contribution in [0.25, 0.3) is 16.8 Å². The number of hydrogen-bond donors (Lipinski definition) is 0. The lowest BCUT2D eigenvalue weighted by Gasteiger charge is -2.11. The van der Waals surface area contributed by atoms with Gasteiger partial charge in [-0.05, 0) is 34.7 Å². The first kappa shape index (κ1) is 16.1. The van der Waals surface area contributed by atoms with Crippen LogP contribution in [0.15, 0.2) is 50.9 Å². The molecule has 0 N–H and O–H groups in total. The molecular weight excluding hydrogens is 328 g/mol. The smallest absolute Gasteiger partial charge is 0.281 e. The zero-order valence-corrected chi connectivity index (χ0v) is 13.8. The third kappa shape index (κ3) is 3.26. The van der Waals surface area contributed by atoms with Gasteiger partial charge in [0.25, 0.3) is 5.22 Å². The quantitative estimate of drug-likeness (QED) is 0.520. The van der Waals surface area contributed by atoms with Gasteiger partial charge in [0.2, 0.25) is 5.89 Å². The van der Waals surface area contributed by atoms with E-state index in [0.29, 0.717) is 17.2 Å². The molecule has 0 aliphatic heterocycles. The summed E-state index contributed by atoms with van der Waals surface area (Å²) in [5.41, 5.74) is 0.651. The number of aryl methyl sites for hydroxylation is 1. The minimum Gasteiger partial charge on any atom is -0.544 e. The van der Waals surface area contributed by atoms with E-state index < -0.39 is 5.97 Å². The van der Waals surface area contributed by atoms with Gasteiger partial charge in [-0.3, -0.25) is 0 Å². The summed E-state index contributed by atoms with van der Waals surface area (Å²) in [6.07, 6.45) is 1.50. The molecule has 24 heavy (non-hydrogen) atoms. The number of rotatable bonds is 5. The van der Waals surface area contributed by atoms with Gasteiger partial charge in [-0.2, -0.15) is 0 Å². The van der Waals surface area contributed by atoms with Gasteiger partial charge in [-0.15, -0.1) is 10.2 Å². The number of carboxylic acids is 1. The molecule has 2 aromatic carbocycles. The monoisotopic (exact) mass is 341 g/mol. The Morgan fingerprint density at radius 3 is 2.71 bits per heavy atom. The molecule has 0 atom stereocenters. The van der Waals surface area contributed by atoms with Crippen molar-refractivity contribution in [2.75, 3.05) is 7.11 Å². The van der Waals surface area contributed by atoms with Crippen LogP contribution in [-0.2, 0) is 4.79 Å². The molecule has 1 aromatic heterocycles. The first-order valence-corrected chi connectivity index (χ1v) is 7.87. The highest BCUT2D eigenvalue weighted by atomic mass is 32.2. The summed E-state index contributed by atoms with van der Waals surface area (Å²) in [5.74, 6) is -0.404. The van der Waals surface area contributed by atoms with E-state index in [2.05, 4.69) is 10.2 Å². The predicted octanol–water partition coefficient (Wildman–Crippen LogP) is 2.42. The van der Waals surface area contributed by atoms with Gasteiger partial charge >= 0.3 is 0 Å². The molecule has 3 rings (SSSR count). The average Bonchev–Trinajstić information content (AvgIpc) is 2.99. The normalized spacial score (nSPS) is 11.7. The van der Waals surface area contributed by atoms with Crippen molar-refractivity contribution in [2.45, 2.75) is 12.1 Å². The topological polar surface area (TPSA) is 88.3 Å². The van der Waals surface area contributed by atoms with Gasteiger partial charge in [-0.25, -0.2) is 0 Å². The molecule has 3 aromatic rings. The first-order valence-electron chi connectivity index (χ1n) is 7.05. The van der Waals surface area contributed by atoms with Crippen LogP contribution in [0.1, 0.15) is 11.5 Å². The number of aliphatic carboxylic acids is 1. The zero-order chi connectivity index (χ0) is 17.1. The fraction of sp³-hybridized carbons (Fsp3) is 0.118. The SMILES string of the molecule is COc1ccc2ccccc2c1/C=C(\Sc1nnc(C)o1)C(=O)[O-]. The van der Waals surface area contributed by atoms with Gasteiger partial charge in [0.05, 0.1) is 13.1 Å². The molecule has 0 amide bonds. The van der Waals surface area contributed by atoms with Crippen LogP contribution in [0.3, 0.4) is 0 Å². The second-order valence-corrected chi connectivity index (χ2v) is 5.88. The second-order valence-electron chi connectivity index (χ2n) is 4.89. The van der Waals surface area contributed by atoms with Crippen molar-refractivity contribution in [1.82, 2.24) is 10.2 Å². The Labute approximate surface area is 142 Å². The number of ether oxygens (including phenoxy) is 1. The molecule has 0 radical (unpaired) electrons. The first-order chi connectivity index (χ1) is 11.6. The number of carbonyl (C=O) groups is 1. The number of aromatic nitrogens is 2. The van der Waals surface area contributed by atoms with Gasteiger partial charge in [0.15, 0.2) is 0 Å². The number of nitrogens with zero attached hydrogens (tertiary/aromatic N) is 2. The van der Waals surface area contributed by atoms with Crippen LogP contribution in [0.5, 0.6) is 5.75 Å². The van der Waals surface area contributed by atoms with Crippen LogP contribution in [0.2, 0.25) is 0 Å². The lowest BCUT2D eigenvalue weighted by atomic mass is 10.0. The fourth-order valence-corrected chi connectivity index (χ4v) is 2.97. The Morgan fingerprint density at radius 2 is 2.04 bits per heavy atom. The number of fused-ring (bicyclic) bond motifs is 1. The molecule has 0 unspecified atom stereocenters. The molecule has 122 valence electrons. The molecule has 0 spiro atoms. The van der Waals surface area contributed by atoms with Crippen LogP contribution in [0, 0.1) is 6.92 Å². The number of thioether (sulfide) groups is 1. The van der Waals surface area contributed by atoms with Crippen molar-refractivity contribution < 1.29 is 19.1 Å². The van der Waals surface area contributed by atoms with Gasteiger partial charge in [0.1, 0.15) is 5.75 Å². The summed E-state index contributed by atoms with van der Waals surface area (Å²) in [7, 11) is 1.54. The van der Waals surface area contributed by atoms with Crippen molar-refractivity contribution in [2.24, 2.45) is 0 Å². The van der Waals surface area contributed by atoms with Crippen molar-refractivity contribution >= 4 is 34.6 Å². The van der Waals surface area contributed by atoms with Crippen LogP contribution < -0.4 is 9.84 Å². The molecule has 0 saturated carbocycles. The molecule has 0 fully saturated rings. The number of carboxylic acid groups (broad SMARTS) is 1. The Kier molecular flexibility index (Phi) is 4.52. The van der Waals surface area contributed by atoms with E-state index in [1.165, 1.54) is 13.2 Å². The minimum atomic E-state index is -1.33. The van der Waals surface area contributed by atoms with E-state index in [-0.39, 0.29) is 10.1 Å². The third-order valence-corrected chi connectivity index (χ3v) is 4.18. The fourth-order valence-electron chi connectivity index (χ4n) is 2.28. The molecule has 0 aliphatic carbocycles. The molecular formula is C17H13N2O4S-. The minimum absolute atomic E-state index is 0.0479. The number of benzene rings is 2. The highest BCUT2D eigenvalue weighted by molar-refractivity contribution is 8.03. The lowest BCUT2D eigenvalue weighted by Crippen LogP contribution is -2.23. The molecule has 6 nitrogen and oxygen atoms in total. The van der Waals surface area contributed by atoms with Crippen molar-refractivity contribution in [1.29, 1.82) is 0 Å². The summed E-state index contributed by atoms with van der Waals surface area (Å²) in [5, 5.41) is 21.0. The molecule has 7 heteroatoms. The summed E-state index contributed by atoms with van der Waals surface area (Å²) < 4.78 is 10.6. The standard InChI is InChI=1S/C17H14N2O4S/c1-10-18-19-17(23-10)24-15(16(20)21)9-13-12-6-4-3-5-11(12)7-8-14(13)22-2/h3-9H,1-2H3,(H,20,21)/p-1/b15-9-. The summed E-state index contributed by atoms with van der Waals surface area (Å²) >= 11 is 0.843. The Morgan fingerprint density at radius 1 is 1.25 bits per heavy atom. The summed E-state index contributed by atoms with van der Waals surface area (Å²) in [6, 6.07) is 11.4. The van der Waals surface area contributed by atoms with E-state index >= 15 is 0 Å². The van der Waals surface area contributed by atoms with Gasteiger partial charge < -0.3 is 19.1 Å².